The van der Waals surface area contributed by atoms with Crippen molar-refractivity contribution in [1.82, 2.24) is 0 Å². The molecule has 2 unspecified atom stereocenters. The van der Waals surface area contributed by atoms with Crippen LogP contribution in [0.25, 0.3) is 0 Å². The first kappa shape index (κ1) is 14.4. The van der Waals surface area contributed by atoms with Gasteiger partial charge in [0.05, 0.1) is 0 Å². The predicted molar refractivity (Wildman–Crippen MR) is 60.3 cm³/mol. The number of aliphatic hydroxyl groups is 1. The van der Waals surface area contributed by atoms with Crippen LogP contribution in [0.1, 0.15) is 46.5 Å². The maximum atomic E-state index is 10.5. The zero-order chi connectivity index (χ0) is 11.8. The zero-order valence-corrected chi connectivity index (χ0v) is 9.98. The Labute approximate surface area is 91.8 Å². The quantitative estimate of drug-likeness (QED) is 0.502. The maximum absolute atomic E-state index is 10.5. The highest BCUT2D eigenvalue weighted by Gasteiger charge is 2.21. The summed E-state index contributed by atoms with van der Waals surface area (Å²) in [6.07, 6.45) is 3.80. The SMILES string of the molecule is CC(C)CCCC(C)CC(CO)[N+](=O)[O-]. The molecular weight excluding hydrogens is 194 g/mol. The van der Waals surface area contributed by atoms with Crippen molar-refractivity contribution < 1.29 is 10.0 Å². The minimum absolute atomic E-state index is 0.325. The van der Waals surface area contributed by atoms with E-state index in [0.717, 1.165) is 12.8 Å². The van der Waals surface area contributed by atoms with E-state index in [4.69, 9.17) is 5.11 Å². The van der Waals surface area contributed by atoms with Gasteiger partial charge in [0, 0.05) is 11.3 Å². The van der Waals surface area contributed by atoms with Crippen LogP contribution in [0.2, 0.25) is 0 Å². The molecule has 0 aliphatic heterocycles. The molecule has 0 aliphatic rings. The second-order valence-corrected chi connectivity index (χ2v) is 4.79. The first-order valence-corrected chi connectivity index (χ1v) is 5.71. The van der Waals surface area contributed by atoms with E-state index in [1.165, 1.54) is 6.42 Å². The molecular formula is C11H23NO3. The van der Waals surface area contributed by atoms with E-state index < -0.39 is 6.04 Å². The molecule has 0 fully saturated rings. The van der Waals surface area contributed by atoms with E-state index in [9.17, 15) is 10.1 Å². The average Bonchev–Trinajstić information content (AvgIpc) is 2.13. The van der Waals surface area contributed by atoms with Gasteiger partial charge in [-0.25, -0.2) is 0 Å². The van der Waals surface area contributed by atoms with Crippen LogP contribution < -0.4 is 0 Å². The molecule has 0 aromatic carbocycles. The second-order valence-electron chi connectivity index (χ2n) is 4.79. The summed E-state index contributed by atoms with van der Waals surface area (Å²) >= 11 is 0. The Morgan fingerprint density at radius 3 is 2.27 bits per heavy atom. The number of hydrogen-bond donors (Lipinski definition) is 1. The third-order valence-electron chi connectivity index (χ3n) is 2.66. The van der Waals surface area contributed by atoms with Gasteiger partial charge in [-0.05, 0) is 11.8 Å². The van der Waals surface area contributed by atoms with Crippen molar-refractivity contribution in [3.05, 3.63) is 10.1 Å². The molecule has 90 valence electrons. The van der Waals surface area contributed by atoms with Gasteiger partial charge in [0.15, 0.2) is 0 Å². The average molecular weight is 217 g/mol. The normalized spacial score (nSPS) is 15.3. The van der Waals surface area contributed by atoms with Crippen molar-refractivity contribution >= 4 is 0 Å². The fourth-order valence-electron chi connectivity index (χ4n) is 1.68. The van der Waals surface area contributed by atoms with E-state index in [-0.39, 0.29) is 11.5 Å². The number of rotatable bonds is 8. The zero-order valence-electron chi connectivity index (χ0n) is 9.98. The standard InChI is InChI=1S/C11H23NO3/c1-9(2)5-4-6-10(3)7-11(8-13)12(14)15/h9-11,13H,4-8H2,1-3H3. The highest BCUT2D eigenvalue weighted by Crippen LogP contribution is 2.17. The van der Waals surface area contributed by atoms with Crippen LogP contribution >= 0.6 is 0 Å². The van der Waals surface area contributed by atoms with Gasteiger partial charge in [0.2, 0.25) is 6.04 Å². The molecule has 0 spiro atoms. The minimum Gasteiger partial charge on any atom is -0.389 e. The maximum Gasteiger partial charge on any atom is 0.236 e. The van der Waals surface area contributed by atoms with Gasteiger partial charge in [-0.1, -0.05) is 40.0 Å². The molecule has 0 rings (SSSR count). The van der Waals surface area contributed by atoms with Crippen molar-refractivity contribution in [1.29, 1.82) is 0 Å². The summed E-state index contributed by atoms with van der Waals surface area (Å²) in [5, 5.41) is 19.3. The summed E-state index contributed by atoms with van der Waals surface area (Å²) < 4.78 is 0. The van der Waals surface area contributed by atoms with E-state index in [2.05, 4.69) is 13.8 Å². The first-order chi connectivity index (χ1) is 6.97. The van der Waals surface area contributed by atoms with Crippen LogP contribution in [0.15, 0.2) is 0 Å². The molecule has 2 atom stereocenters. The highest BCUT2D eigenvalue weighted by molar-refractivity contribution is 4.62. The highest BCUT2D eigenvalue weighted by atomic mass is 16.6. The van der Waals surface area contributed by atoms with Crippen molar-refractivity contribution in [3.8, 4) is 0 Å². The van der Waals surface area contributed by atoms with Crippen LogP contribution in [0.4, 0.5) is 0 Å². The second kappa shape index (κ2) is 7.63. The molecule has 0 saturated carbocycles. The molecule has 1 N–H and O–H groups in total. The summed E-state index contributed by atoms with van der Waals surface area (Å²) in [6.45, 7) is 6.03. The van der Waals surface area contributed by atoms with Crippen LogP contribution in [0.5, 0.6) is 0 Å². The molecule has 0 aromatic rings. The lowest BCUT2D eigenvalue weighted by atomic mass is 9.94. The Morgan fingerprint density at radius 2 is 1.87 bits per heavy atom. The van der Waals surface area contributed by atoms with Crippen molar-refractivity contribution in [2.24, 2.45) is 11.8 Å². The van der Waals surface area contributed by atoms with Gasteiger partial charge >= 0.3 is 0 Å². The van der Waals surface area contributed by atoms with Gasteiger partial charge in [0.1, 0.15) is 6.61 Å². The van der Waals surface area contributed by atoms with E-state index >= 15 is 0 Å². The van der Waals surface area contributed by atoms with Crippen molar-refractivity contribution in [2.75, 3.05) is 6.61 Å². The van der Waals surface area contributed by atoms with Crippen LogP contribution in [-0.2, 0) is 0 Å². The topological polar surface area (TPSA) is 63.4 Å². The number of aliphatic hydroxyl groups excluding tert-OH is 1. The molecule has 0 saturated heterocycles. The summed E-state index contributed by atoms with van der Waals surface area (Å²) in [5.74, 6) is 1.02. The first-order valence-electron chi connectivity index (χ1n) is 5.71. The lowest BCUT2D eigenvalue weighted by Gasteiger charge is -2.14. The Balaban J connectivity index is 3.71. The number of nitrogens with zero attached hydrogens (tertiary/aromatic N) is 1. The summed E-state index contributed by atoms with van der Waals surface area (Å²) in [6, 6.07) is -0.779. The number of nitro groups is 1. The fourth-order valence-corrected chi connectivity index (χ4v) is 1.68. The molecule has 4 nitrogen and oxygen atoms in total. The van der Waals surface area contributed by atoms with Crippen LogP contribution in [0.3, 0.4) is 0 Å². The Bertz CT molecular complexity index is 183. The van der Waals surface area contributed by atoms with Crippen molar-refractivity contribution in [3.63, 3.8) is 0 Å². The lowest BCUT2D eigenvalue weighted by molar-refractivity contribution is -0.527. The molecule has 0 amide bonds. The van der Waals surface area contributed by atoms with Gasteiger partial charge < -0.3 is 5.11 Å². The third-order valence-corrected chi connectivity index (χ3v) is 2.66. The molecule has 0 heterocycles. The Hall–Kier alpha value is -0.640. The van der Waals surface area contributed by atoms with Gasteiger partial charge in [0.25, 0.3) is 0 Å². The summed E-state index contributed by atoms with van der Waals surface area (Å²) in [7, 11) is 0. The van der Waals surface area contributed by atoms with E-state index in [1.54, 1.807) is 0 Å². The molecule has 15 heavy (non-hydrogen) atoms. The minimum atomic E-state index is -0.779. The summed E-state index contributed by atoms with van der Waals surface area (Å²) in [4.78, 5) is 10.1. The van der Waals surface area contributed by atoms with Crippen LogP contribution in [0, 0.1) is 22.0 Å². The van der Waals surface area contributed by atoms with Crippen molar-refractivity contribution in [2.45, 2.75) is 52.5 Å². The van der Waals surface area contributed by atoms with Gasteiger partial charge in [-0.2, -0.15) is 0 Å². The lowest BCUT2D eigenvalue weighted by Crippen LogP contribution is -2.26. The number of hydrogen-bond acceptors (Lipinski definition) is 3. The molecule has 0 radical (unpaired) electrons. The largest absolute Gasteiger partial charge is 0.389 e. The van der Waals surface area contributed by atoms with Gasteiger partial charge in [-0.15, -0.1) is 0 Å². The monoisotopic (exact) mass is 217 g/mol. The van der Waals surface area contributed by atoms with E-state index in [0.29, 0.717) is 18.3 Å². The smallest absolute Gasteiger partial charge is 0.236 e. The Morgan fingerprint density at radius 1 is 1.27 bits per heavy atom. The Kier molecular flexibility index (Phi) is 7.30. The molecule has 0 aliphatic carbocycles. The van der Waals surface area contributed by atoms with Gasteiger partial charge in [-0.3, -0.25) is 10.1 Å². The predicted octanol–water partition coefficient (Wildman–Crippen LogP) is 2.48. The molecule has 4 heteroatoms. The molecule has 0 aromatic heterocycles. The van der Waals surface area contributed by atoms with E-state index in [1.807, 2.05) is 6.92 Å². The summed E-state index contributed by atoms with van der Waals surface area (Å²) in [5.41, 5.74) is 0. The fraction of sp³-hybridized carbons (Fsp3) is 1.00. The van der Waals surface area contributed by atoms with Crippen LogP contribution in [-0.4, -0.2) is 22.7 Å². The third kappa shape index (κ3) is 7.31. The molecule has 0 bridgehead atoms.